The molecule has 0 radical (unpaired) electrons. The van der Waals surface area contributed by atoms with Crippen LogP contribution in [0.15, 0.2) is 36.4 Å². The van der Waals surface area contributed by atoms with Crippen LogP contribution in [0.2, 0.25) is 5.02 Å². The van der Waals surface area contributed by atoms with Crippen LogP contribution in [0.3, 0.4) is 0 Å². The summed E-state index contributed by atoms with van der Waals surface area (Å²) in [6.07, 6.45) is -4.29. The number of amides is 1. The van der Waals surface area contributed by atoms with Gasteiger partial charge in [0, 0.05) is 13.6 Å². The molecule has 0 aliphatic carbocycles. The summed E-state index contributed by atoms with van der Waals surface area (Å²) in [5.41, 5.74) is 0.568. The van der Waals surface area contributed by atoms with Crippen LogP contribution in [0.4, 0.5) is 13.2 Å². The molecular weight excluding hydrogens is 383 g/mol. The van der Waals surface area contributed by atoms with E-state index in [2.05, 4.69) is 0 Å². The Bertz CT molecular complexity index is 837. The van der Waals surface area contributed by atoms with E-state index in [-0.39, 0.29) is 18.9 Å². The summed E-state index contributed by atoms with van der Waals surface area (Å²) in [5, 5.41) is 0.375. The van der Waals surface area contributed by atoms with Crippen LogP contribution in [0.5, 0.6) is 11.5 Å². The van der Waals surface area contributed by atoms with Gasteiger partial charge in [0.2, 0.25) is 5.91 Å². The lowest BCUT2D eigenvalue weighted by atomic mass is 10.1. The molecule has 0 saturated carbocycles. The van der Waals surface area contributed by atoms with E-state index < -0.39 is 11.7 Å². The number of ether oxygens (including phenoxy) is 2. The first kappa shape index (κ1) is 19.4. The maximum Gasteiger partial charge on any atom is 0.416 e. The fraction of sp³-hybridized carbons (Fsp3) is 0.316. The predicted octanol–water partition coefficient (Wildman–Crippen LogP) is 4.33. The molecule has 3 rings (SSSR count). The molecule has 2 aromatic carbocycles. The van der Waals surface area contributed by atoms with Gasteiger partial charge in [0.15, 0.2) is 11.5 Å². The summed E-state index contributed by atoms with van der Waals surface area (Å²) in [7, 11) is 1.60. The number of fused-ring (bicyclic) bond motifs is 1. The molecule has 4 nitrogen and oxygen atoms in total. The van der Waals surface area contributed by atoms with Gasteiger partial charge in [-0.1, -0.05) is 23.7 Å². The molecule has 2 aromatic rings. The molecule has 8 heteroatoms. The number of carbonyl (C=O) groups excluding carboxylic acids is 1. The molecule has 1 aliphatic rings. The fourth-order valence-electron chi connectivity index (χ4n) is 2.74. The van der Waals surface area contributed by atoms with Crippen LogP contribution in [0.25, 0.3) is 0 Å². The van der Waals surface area contributed by atoms with Crippen molar-refractivity contribution in [3.05, 3.63) is 58.1 Å². The second-order valence-corrected chi connectivity index (χ2v) is 6.63. The maximum absolute atomic E-state index is 12.6. The Hall–Kier alpha value is -2.41. The molecule has 0 spiro atoms. The third-order valence-corrected chi connectivity index (χ3v) is 4.42. The van der Waals surface area contributed by atoms with E-state index in [9.17, 15) is 18.0 Å². The number of hydrogen-bond donors (Lipinski definition) is 0. The average Bonchev–Trinajstić information content (AvgIpc) is 2.61. The van der Waals surface area contributed by atoms with Crippen molar-refractivity contribution in [2.45, 2.75) is 19.1 Å². The molecule has 0 atom stereocenters. The topological polar surface area (TPSA) is 38.8 Å². The van der Waals surface area contributed by atoms with Gasteiger partial charge in [0.05, 0.1) is 17.0 Å². The van der Waals surface area contributed by atoms with Crippen LogP contribution in [0, 0.1) is 0 Å². The van der Waals surface area contributed by atoms with E-state index in [1.54, 1.807) is 19.2 Å². The van der Waals surface area contributed by atoms with E-state index in [4.69, 9.17) is 21.1 Å². The third kappa shape index (κ3) is 4.66. The zero-order valence-electron chi connectivity index (χ0n) is 14.5. The van der Waals surface area contributed by atoms with Crippen LogP contribution in [0.1, 0.15) is 16.7 Å². The van der Waals surface area contributed by atoms with Crippen molar-refractivity contribution < 1.29 is 27.4 Å². The number of rotatable bonds is 4. The first-order chi connectivity index (χ1) is 12.7. The Kier molecular flexibility index (Phi) is 5.51. The molecule has 1 aliphatic heterocycles. The van der Waals surface area contributed by atoms with Crippen molar-refractivity contribution in [3.63, 3.8) is 0 Å². The van der Waals surface area contributed by atoms with Gasteiger partial charge in [0.1, 0.15) is 13.2 Å². The zero-order valence-corrected chi connectivity index (χ0v) is 15.2. The Labute approximate surface area is 159 Å². The first-order valence-electron chi connectivity index (χ1n) is 8.22. The lowest BCUT2D eigenvalue weighted by molar-refractivity contribution is -0.137. The first-order valence-corrected chi connectivity index (χ1v) is 8.60. The van der Waals surface area contributed by atoms with Gasteiger partial charge in [-0.05, 0) is 35.4 Å². The van der Waals surface area contributed by atoms with Crippen molar-refractivity contribution >= 4 is 17.5 Å². The van der Waals surface area contributed by atoms with Gasteiger partial charge < -0.3 is 14.4 Å². The summed E-state index contributed by atoms with van der Waals surface area (Å²) in [5.74, 6) is 0.779. The van der Waals surface area contributed by atoms with Crippen LogP contribution < -0.4 is 9.47 Å². The van der Waals surface area contributed by atoms with E-state index in [1.807, 2.05) is 0 Å². The van der Waals surface area contributed by atoms with Crippen molar-refractivity contribution in [2.75, 3.05) is 20.3 Å². The summed E-state index contributed by atoms with van der Waals surface area (Å²) in [4.78, 5) is 13.9. The monoisotopic (exact) mass is 399 g/mol. The smallest absolute Gasteiger partial charge is 0.416 e. The van der Waals surface area contributed by atoms with Gasteiger partial charge >= 0.3 is 6.18 Å². The minimum Gasteiger partial charge on any atom is -0.486 e. The number of benzene rings is 2. The fourth-order valence-corrected chi connectivity index (χ4v) is 3.02. The Morgan fingerprint density at radius 1 is 1.11 bits per heavy atom. The molecule has 1 heterocycles. The Morgan fingerprint density at radius 2 is 1.78 bits per heavy atom. The number of hydrogen-bond acceptors (Lipinski definition) is 3. The number of likely N-dealkylation sites (N-methyl/N-ethyl adjacent to an activating group) is 1. The van der Waals surface area contributed by atoms with Crippen LogP contribution in [-0.4, -0.2) is 31.1 Å². The van der Waals surface area contributed by atoms with Crippen molar-refractivity contribution in [1.29, 1.82) is 0 Å². The number of alkyl halides is 3. The van der Waals surface area contributed by atoms with E-state index >= 15 is 0 Å². The molecule has 0 saturated heterocycles. The highest BCUT2D eigenvalue weighted by Gasteiger charge is 2.30. The van der Waals surface area contributed by atoms with E-state index in [0.29, 0.717) is 40.9 Å². The van der Waals surface area contributed by atoms with Crippen LogP contribution >= 0.6 is 11.6 Å². The van der Waals surface area contributed by atoms with Crippen molar-refractivity contribution in [2.24, 2.45) is 0 Å². The second kappa shape index (κ2) is 7.68. The average molecular weight is 400 g/mol. The normalized spacial score (nSPS) is 13.4. The summed E-state index contributed by atoms with van der Waals surface area (Å²) >= 11 is 6.17. The van der Waals surface area contributed by atoms with E-state index in [0.717, 1.165) is 12.1 Å². The van der Waals surface area contributed by atoms with Gasteiger partial charge in [-0.15, -0.1) is 0 Å². The summed E-state index contributed by atoms with van der Waals surface area (Å²) < 4.78 is 48.8. The highest BCUT2D eigenvalue weighted by Crippen LogP contribution is 2.38. The summed E-state index contributed by atoms with van der Waals surface area (Å²) in [6.45, 7) is 1.03. The molecule has 0 unspecified atom stereocenters. The second-order valence-electron chi connectivity index (χ2n) is 6.22. The molecule has 0 bridgehead atoms. The lowest BCUT2D eigenvalue weighted by Crippen LogP contribution is -2.27. The molecular formula is C19H17ClF3NO3. The lowest BCUT2D eigenvalue weighted by Gasteiger charge is -2.21. The molecule has 27 heavy (non-hydrogen) atoms. The largest absolute Gasteiger partial charge is 0.486 e. The standard InChI is InChI=1S/C19H17ClF3NO3/c1-24(11-12-2-4-14(5-3-12)19(21,22)23)17(25)10-13-8-15(20)18-16(9-13)26-6-7-27-18/h2-5,8-9H,6-7,10-11H2,1H3. The summed E-state index contributed by atoms with van der Waals surface area (Å²) in [6, 6.07) is 8.12. The SMILES string of the molecule is CN(Cc1ccc(C(F)(F)F)cc1)C(=O)Cc1cc(Cl)c2c(c1)OCCO2. The van der Waals surface area contributed by atoms with Gasteiger partial charge in [-0.2, -0.15) is 13.2 Å². The highest BCUT2D eigenvalue weighted by molar-refractivity contribution is 6.32. The Balaban J connectivity index is 1.65. The minimum absolute atomic E-state index is 0.0908. The number of nitrogens with zero attached hydrogens (tertiary/aromatic N) is 1. The van der Waals surface area contributed by atoms with Gasteiger partial charge in [-0.25, -0.2) is 0 Å². The van der Waals surface area contributed by atoms with Crippen molar-refractivity contribution in [3.8, 4) is 11.5 Å². The zero-order chi connectivity index (χ0) is 19.6. The van der Waals surface area contributed by atoms with E-state index in [1.165, 1.54) is 17.0 Å². The predicted molar refractivity (Wildman–Crippen MR) is 94.1 cm³/mol. The molecule has 0 N–H and O–H groups in total. The quantitative estimate of drug-likeness (QED) is 0.768. The van der Waals surface area contributed by atoms with Crippen molar-refractivity contribution in [1.82, 2.24) is 4.90 Å². The minimum atomic E-state index is -4.38. The third-order valence-electron chi connectivity index (χ3n) is 4.14. The highest BCUT2D eigenvalue weighted by atomic mass is 35.5. The van der Waals surface area contributed by atoms with Gasteiger partial charge in [0.25, 0.3) is 0 Å². The Morgan fingerprint density at radius 3 is 2.44 bits per heavy atom. The van der Waals surface area contributed by atoms with Crippen LogP contribution in [-0.2, 0) is 23.9 Å². The number of halogens is 4. The molecule has 144 valence electrons. The number of carbonyl (C=O) groups is 1. The molecule has 1 amide bonds. The molecule has 0 aromatic heterocycles. The van der Waals surface area contributed by atoms with Gasteiger partial charge in [-0.3, -0.25) is 4.79 Å². The molecule has 0 fully saturated rings. The maximum atomic E-state index is 12.6.